The number of anilines is 1. The van der Waals surface area contributed by atoms with Crippen molar-refractivity contribution in [3.63, 3.8) is 0 Å². The van der Waals surface area contributed by atoms with Crippen molar-refractivity contribution in [2.45, 2.75) is 26.3 Å². The molecule has 0 bridgehead atoms. The van der Waals surface area contributed by atoms with Gasteiger partial charge in [-0.1, -0.05) is 0 Å². The average Bonchev–Trinajstić information content (AvgIpc) is 2.56. The SMILES string of the molecule is CC(=O)N1c2cc(C)cc(F)c2CC1C(=O)O. The molecule has 0 saturated heterocycles. The van der Waals surface area contributed by atoms with Crippen LogP contribution in [0.4, 0.5) is 10.1 Å². The van der Waals surface area contributed by atoms with Crippen molar-refractivity contribution in [3.05, 3.63) is 29.1 Å². The van der Waals surface area contributed by atoms with Crippen LogP contribution in [0.5, 0.6) is 0 Å². The predicted octanol–water partition coefficient (Wildman–Crippen LogP) is 1.50. The summed E-state index contributed by atoms with van der Waals surface area (Å²) >= 11 is 0. The maximum atomic E-state index is 13.7. The van der Waals surface area contributed by atoms with E-state index in [9.17, 15) is 14.0 Å². The predicted molar refractivity (Wildman–Crippen MR) is 59.4 cm³/mol. The molecule has 5 heteroatoms. The van der Waals surface area contributed by atoms with Crippen LogP contribution in [0.3, 0.4) is 0 Å². The summed E-state index contributed by atoms with van der Waals surface area (Å²) in [6, 6.07) is 1.99. The molecule has 0 saturated carbocycles. The second-order valence-electron chi connectivity index (χ2n) is 4.19. The maximum Gasteiger partial charge on any atom is 0.327 e. The first-order chi connectivity index (χ1) is 7.91. The van der Waals surface area contributed by atoms with Crippen molar-refractivity contribution in [2.24, 2.45) is 0 Å². The quantitative estimate of drug-likeness (QED) is 0.805. The number of benzene rings is 1. The minimum atomic E-state index is -1.12. The van der Waals surface area contributed by atoms with E-state index in [1.165, 1.54) is 13.0 Å². The number of carboxylic acid groups (broad SMARTS) is 1. The Labute approximate surface area is 97.7 Å². The Morgan fingerprint density at radius 2 is 2.12 bits per heavy atom. The number of fused-ring (bicyclic) bond motifs is 1. The van der Waals surface area contributed by atoms with Crippen LogP contribution in [-0.4, -0.2) is 23.0 Å². The Bertz CT molecular complexity index is 513. The number of aryl methyl sites for hydroxylation is 1. The summed E-state index contributed by atoms with van der Waals surface area (Å²) in [5.41, 5.74) is 1.35. The van der Waals surface area contributed by atoms with Gasteiger partial charge in [0.05, 0.1) is 5.69 Å². The smallest absolute Gasteiger partial charge is 0.327 e. The van der Waals surface area contributed by atoms with Gasteiger partial charge in [0.2, 0.25) is 5.91 Å². The largest absolute Gasteiger partial charge is 0.480 e. The Hall–Kier alpha value is -1.91. The molecule has 0 fully saturated rings. The number of carbonyl (C=O) groups excluding carboxylic acids is 1. The fourth-order valence-electron chi connectivity index (χ4n) is 2.21. The topological polar surface area (TPSA) is 57.6 Å². The van der Waals surface area contributed by atoms with Gasteiger partial charge in [0.15, 0.2) is 0 Å². The number of nitrogens with zero attached hydrogens (tertiary/aromatic N) is 1. The third kappa shape index (κ3) is 1.77. The van der Waals surface area contributed by atoms with E-state index in [1.54, 1.807) is 13.0 Å². The lowest BCUT2D eigenvalue weighted by Crippen LogP contribution is -2.41. The molecule has 0 aromatic heterocycles. The highest BCUT2D eigenvalue weighted by Crippen LogP contribution is 2.35. The van der Waals surface area contributed by atoms with Crippen molar-refractivity contribution < 1.29 is 19.1 Å². The maximum absolute atomic E-state index is 13.7. The average molecular weight is 237 g/mol. The van der Waals surface area contributed by atoms with Gasteiger partial charge in [-0.05, 0) is 24.6 Å². The van der Waals surface area contributed by atoms with Gasteiger partial charge >= 0.3 is 5.97 Å². The molecule has 1 aliphatic rings. The van der Waals surface area contributed by atoms with Gasteiger partial charge in [-0.3, -0.25) is 9.69 Å². The summed E-state index contributed by atoms with van der Waals surface area (Å²) < 4.78 is 13.7. The number of carbonyl (C=O) groups is 2. The number of aliphatic carboxylic acids is 1. The Balaban J connectivity index is 2.58. The van der Waals surface area contributed by atoms with Gasteiger partial charge < -0.3 is 5.11 Å². The summed E-state index contributed by atoms with van der Waals surface area (Å²) in [7, 11) is 0. The fourth-order valence-corrected chi connectivity index (χ4v) is 2.21. The summed E-state index contributed by atoms with van der Waals surface area (Å²) in [5, 5.41) is 9.05. The highest BCUT2D eigenvalue weighted by atomic mass is 19.1. The number of hydrogen-bond acceptors (Lipinski definition) is 2. The zero-order valence-corrected chi connectivity index (χ0v) is 9.53. The van der Waals surface area contributed by atoms with Crippen LogP contribution >= 0.6 is 0 Å². The molecule has 0 aliphatic carbocycles. The highest BCUT2D eigenvalue weighted by molar-refractivity contribution is 6.00. The van der Waals surface area contributed by atoms with Crippen LogP contribution in [0, 0.1) is 12.7 Å². The molecule has 1 aliphatic heterocycles. The van der Waals surface area contributed by atoms with Crippen LogP contribution in [0.15, 0.2) is 12.1 Å². The fraction of sp³-hybridized carbons (Fsp3) is 0.333. The first kappa shape index (κ1) is 11.6. The molecule has 1 amide bonds. The zero-order chi connectivity index (χ0) is 12.7. The van der Waals surface area contributed by atoms with Crippen LogP contribution in [-0.2, 0) is 16.0 Å². The lowest BCUT2D eigenvalue weighted by molar-refractivity contribution is -0.139. The van der Waals surface area contributed by atoms with E-state index in [1.807, 2.05) is 0 Å². The second kappa shape index (κ2) is 3.84. The van der Waals surface area contributed by atoms with E-state index in [0.717, 1.165) is 4.90 Å². The first-order valence-corrected chi connectivity index (χ1v) is 5.23. The summed E-state index contributed by atoms with van der Waals surface area (Å²) in [4.78, 5) is 23.7. The molecule has 1 N–H and O–H groups in total. The molecule has 0 spiro atoms. The summed E-state index contributed by atoms with van der Waals surface area (Å²) in [5.74, 6) is -1.95. The molecule has 90 valence electrons. The lowest BCUT2D eigenvalue weighted by atomic mass is 10.1. The van der Waals surface area contributed by atoms with Gasteiger partial charge in [-0.2, -0.15) is 0 Å². The number of halogens is 1. The van der Waals surface area contributed by atoms with Gasteiger partial charge in [0.1, 0.15) is 11.9 Å². The van der Waals surface area contributed by atoms with E-state index >= 15 is 0 Å². The van der Waals surface area contributed by atoms with Crippen molar-refractivity contribution in [1.29, 1.82) is 0 Å². The molecular weight excluding hydrogens is 225 g/mol. The van der Waals surface area contributed by atoms with Crippen molar-refractivity contribution >= 4 is 17.6 Å². The molecule has 0 radical (unpaired) electrons. The monoisotopic (exact) mass is 237 g/mol. The van der Waals surface area contributed by atoms with Crippen molar-refractivity contribution in [1.82, 2.24) is 0 Å². The van der Waals surface area contributed by atoms with Gasteiger partial charge in [-0.15, -0.1) is 0 Å². The Morgan fingerprint density at radius 1 is 1.47 bits per heavy atom. The second-order valence-corrected chi connectivity index (χ2v) is 4.19. The number of rotatable bonds is 1. The van der Waals surface area contributed by atoms with E-state index in [-0.39, 0.29) is 12.3 Å². The van der Waals surface area contributed by atoms with Crippen LogP contribution in [0.2, 0.25) is 0 Å². The molecule has 1 atom stereocenters. The minimum absolute atomic E-state index is 0.0242. The van der Waals surface area contributed by atoms with E-state index in [0.29, 0.717) is 16.8 Å². The normalized spacial score (nSPS) is 18.1. The highest BCUT2D eigenvalue weighted by Gasteiger charge is 2.38. The van der Waals surface area contributed by atoms with Crippen LogP contribution < -0.4 is 4.90 Å². The first-order valence-electron chi connectivity index (χ1n) is 5.23. The molecule has 1 heterocycles. The van der Waals surface area contributed by atoms with Gasteiger partial charge in [0, 0.05) is 18.9 Å². The molecule has 1 aromatic rings. The summed E-state index contributed by atoms with van der Waals surface area (Å²) in [6.07, 6.45) is 0.0242. The Morgan fingerprint density at radius 3 is 2.65 bits per heavy atom. The summed E-state index contributed by atoms with van der Waals surface area (Å²) in [6.45, 7) is 2.99. The van der Waals surface area contributed by atoms with Crippen LogP contribution in [0.1, 0.15) is 18.1 Å². The van der Waals surface area contributed by atoms with Gasteiger partial charge in [0.25, 0.3) is 0 Å². The molecular formula is C12H12FNO3. The molecule has 4 nitrogen and oxygen atoms in total. The Kier molecular flexibility index (Phi) is 2.61. The van der Waals surface area contributed by atoms with E-state index < -0.39 is 17.8 Å². The van der Waals surface area contributed by atoms with E-state index in [4.69, 9.17) is 5.11 Å². The number of hydrogen-bond donors (Lipinski definition) is 1. The third-order valence-electron chi connectivity index (χ3n) is 2.91. The third-order valence-corrected chi connectivity index (χ3v) is 2.91. The van der Waals surface area contributed by atoms with Crippen molar-refractivity contribution in [2.75, 3.05) is 4.90 Å². The molecule has 17 heavy (non-hydrogen) atoms. The van der Waals surface area contributed by atoms with E-state index in [2.05, 4.69) is 0 Å². The number of carboxylic acids is 1. The lowest BCUT2D eigenvalue weighted by Gasteiger charge is -2.20. The minimum Gasteiger partial charge on any atom is -0.480 e. The van der Waals surface area contributed by atoms with Crippen LogP contribution in [0.25, 0.3) is 0 Å². The molecule has 2 rings (SSSR count). The molecule has 1 aromatic carbocycles. The zero-order valence-electron chi connectivity index (χ0n) is 9.53. The standard InChI is InChI=1S/C12H12FNO3/c1-6-3-9(13)8-5-11(12(16)17)14(7(2)15)10(8)4-6/h3-4,11H,5H2,1-2H3,(H,16,17). The number of amides is 1. The van der Waals surface area contributed by atoms with Gasteiger partial charge in [-0.25, -0.2) is 9.18 Å². The van der Waals surface area contributed by atoms with Crippen molar-refractivity contribution in [3.8, 4) is 0 Å². The molecule has 1 unspecified atom stereocenters.